The molecule has 0 saturated heterocycles. The fourth-order valence-corrected chi connectivity index (χ4v) is 3.16. The average molecular weight is 269 g/mol. The molecule has 0 aliphatic carbocycles. The third-order valence-electron chi connectivity index (χ3n) is 3.02. The minimum atomic E-state index is -0.0666. The van der Waals surface area contributed by atoms with Crippen molar-refractivity contribution in [3.63, 3.8) is 0 Å². The van der Waals surface area contributed by atoms with Crippen molar-refractivity contribution in [2.45, 2.75) is 44.5 Å². The molecule has 15 heavy (non-hydrogen) atoms. The molecule has 0 fully saturated rings. The van der Waals surface area contributed by atoms with Crippen molar-refractivity contribution < 1.29 is 4.74 Å². The molecular weight excluding hydrogens is 252 g/mol. The number of ether oxygens (including phenoxy) is 1. The highest BCUT2D eigenvalue weighted by Gasteiger charge is 2.32. The van der Waals surface area contributed by atoms with Crippen molar-refractivity contribution >= 4 is 15.9 Å². The first-order valence-electron chi connectivity index (χ1n) is 5.33. The quantitative estimate of drug-likeness (QED) is 0.638. The molecule has 1 unspecified atom stereocenters. The summed E-state index contributed by atoms with van der Waals surface area (Å²) in [4.78, 5) is 0.413. The number of halogens is 1. The summed E-state index contributed by atoms with van der Waals surface area (Å²) in [5, 5.41) is 0. The predicted molar refractivity (Wildman–Crippen MR) is 66.9 cm³/mol. The van der Waals surface area contributed by atoms with Gasteiger partial charge < -0.3 is 4.74 Å². The highest BCUT2D eigenvalue weighted by Crippen LogP contribution is 2.44. The Morgan fingerprint density at radius 1 is 1.27 bits per heavy atom. The number of rotatable bonds is 0. The fourth-order valence-electron chi connectivity index (χ4n) is 2.03. The second-order valence-corrected chi connectivity index (χ2v) is 6.11. The molecule has 0 bridgehead atoms. The summed E-state index contributed by atoms with van der Waals surface area (Å²) in [6.45, 7) is 8.55. The Balaban J connectivity index is 2.51. The predicted octanol–water partition coefficient (Wildman–Crippen LogP) is 4.30. The van der Waals surface area contributed by atoms with Gasteiger partial charge in [-0.25, -0.2) is 0 Å². The van der Waals surface area contributed by atoms with Crippen LogP contribution in [0.5, 0.6) is 5.75 Å². The summed E-state index contributed by atoms with van der Waals surface area (Å²) < 4.78 is 6.00. The molecule has 1 aromatic rings. The maximum atomic E-state index is 6.00. The van der Waals surface area contributed by atoms with E-state index in [0.29, 0.717) is 4.83 Å². The van der Waals surface area contributed by atoms with Crippen molar-refractivity contribution in [1.29, 1.82) is 0 Å². The molecule has 1 atom stereocenters. The van der Waals surface area contributed by atoms with Gasteiger partial charge in [-0.05, 0) is 44.9 Å². The molecule has 0 amide bonds. The SMILES string of the molecule is Cc1cc2c(cc1C)C(Br)CC(C)(C)O2. The lowest BCUT2D eigenvalue weighted by Gasteiger charge is -2.36. The highest BCUT2D eigenvalue weighted by molar-refractivity contribution is 9.09. The van der Waals surface area contributed by atoms with E-state index in [4.69, 9.17) is 4.74 Å². The number of benzene rings is 1. The Morgan fingerprint density at radius 3 is 2.53 bits per heavy atom. The Labute approximate surface area is 100.0 Å². The molecule has 1 aliphatic rings. The van der Waals surface area contributed by atoms with Crippen LogP contribution in [0.1, 0.15) is 41.8 Å². The van der Waals surface area contributed by atoms with Gasteiger partial charge in [-0.3, -0.25) is 0 Å². The summed E-state index contributed by atoms with van der Waals surface area (Å²) >= 11 is 3.74. The van der Waals surface area contributed by atoms with Gasteiger partial charge in [0, 0.05) is 16.8 Å². The van der Waals surface area contributed by atoms with E-state index < -0.39 is 0 Å². The van der Waals surface area contributed by atoms with Gasteiger partial charge in [0.2, 0.25) is 0 Å². The molecule has 0 spiro atoms. The summed E-state index contributed by atoms with van der Waals surface area (Å²) in [5.41, 5.74) is 3.85. The number of alkyl halides is 1. The van der Waals surface area contributed by atoms with Crippen LogP contribution in [-0.4, -0.2) is 5.60 Å². The lowest BCUT2D eigenvalue weighted by molar-refractivity contribution is 0.0841. The van der Waals surface area contributed by atoms with E-state index >= 15 is 0 Å². The number of fused-ring (bicyclic) bond motifs is 1. The summed E-state index contributed by atoms with van der Waals surface area (Å²) in [5.74, 6) is 1.04. The molecule has 0 aromatic heterocycles. The van der Waals surface area contributed by atoms with Crippen LogP contribution < -0.4 is 4.74 Å². The lowest BCUT2D eigenvalue weighted by Crippen LogP contribution is -2.33. The van der Waals surface area contributed by atoms with Crippen molar-refractivity contribution in [2.24, 2.45) is 0 Å². The van der Waals surface area contributed by atoms with Gasteiger partial charge in [-0.2, -0.15) is 0 Å². The summed E-state index contributed by atoms with van der Waals surface area (Å²) in [7, 11) is 0. The van der Waals surface area contributed by atoms with Crippen LogP contribution in [0.3, 0.4) is 0 Å². The highest BCUT2D eigenvalue weighted by atomic mass is 79.9. The fraction of sp³-hybridized carbons (Fsp3) is 0.538. The molecule has 2 heteroatoms. The smallest absolute Gasteiger partial charge is 0.124 e. The van der Waals surface area contributed by atoms with Crippen LogP contribution in [0.15, 0.2) is 12.1 Å². The van der Waals surface area contributed by atoms with Crippen LogP contribution in [0, 0.1) is 13.8 Å². The van der Waals surface area contributed by atoms with E-state index in [9.17, 15) is 0 Å². The third-order valence-corrected chi connectivity index (χ3v) is 3.84. The Morgan fingerprint density at radius 2 is 1.87 bits per heavy atom. The van der Waals surface area contributed by atoms with Crippen molar-refractivity contribution in [2.75, 3.05) is 0 Å². The van der Waals surface area contributed by atoms with Crippen LogP contribution in [-0.2, 0) is 0 Å². The molecule has 0 radical (unpaired) electrons. The average Bonchev–Trinajstić information content (AvgIpc) is 2.07. The summed E-state index contributed by atoms with van der Waals surface area (Å²) in [6, 6.07) is 4.39. The zero-order valence-corrected chi connectivity index (χ0v) is 11.3. The molecule has 82 valence electrons. The number of hydrogen-bond donors (Lipinski definition) is 0. The first-order valence-corrected chi connectivity index (χ1v) is 6.25. The Kier molecular flexibility index (Phi) is 2.58. The third kappa shape index (κ3) is 2.05. The molecule has 0 saturated carbocycles. The number of aryl methyl sites for hydroxylation is 2. The maximum Gasteiger partial charge on any atom is 0.124 e. The molecule has 2 rings (SSSR count). The second-order valence-electron chi connectivity index (χ2n) is 5.01. The molecule has 0 N–H and O–H groups in total. The zero-order chi connectivity index (χ0) is 11.2. The van der Waals surface area contributed by atoms with Gasteiger partial charge >= 0.3 is 0 Å². The van der Waals surface area contributed by atoms with Gasteiger partial charge in [-0.15, -0.1) is 0 Å². The Hall–Kier alpha value is -0.500. The molecular formula is C13H17BrO. The van der Waals surface area contributed by atoms with E-state index in [0.717, 1.165) is 12.2 Å². The van der Waals surface area contributed by atoms with Crippen molar-refractivity contribution in [1.82, 2.24) is 0 Å². The largest absolute Gasteiger partial charge is 0.487 e. The summed E-state index contributed by atoms with van der Waals surface area (Å²) in [6.07, 6.45) is 1.02. The van der Waals surface area contributed by atoms with Gasteiger partial charge in [0.25, 0.3) is 0 Å². The van der Waals surface area contributed by atoms with Gasteiger partial charge in [-0.1, -0.05) is 22.0 Å². The van der Waals surface area contributed by atoms with Crippen LogP contribution in [0.2, 0.25) is 0 Å². The van der Waals surface area contributed by atoms with E-state index in [-0.39, 0.29) is 5.60 Å². The van der Waals surface area contributed by atoms with E-state index in [1.165, 1.54) is 16.7 Å². The van der Waals surface area contributed by atoms with Gasteiger partial charge in [0.15, 0.2) is 0 Å². The zero-order valence-electron chi connectivity index (χ0n) is 9.73. The minimum absolute atomic E-state index is 0.0666. The lowest BCUT2D eigenvalue weighted by atomic mass is 9.92. The molecule has 1 heterocycles. The van der Waals surface area contributed by atoms with Gasteiger partial charge in [0.1, 0.15) is 11.4 Å². The minimum Gasteiger partial charge on any atom is -0.487 e. The molecule has 1 aromatic carbocycles. The standard InChI is InChI=1S/C13H17BrO/c1-8-5-10-11(14)7-13(3,4)15-12(10)6-9(8)2/h5-6,11H,7H2,1-4H3. The maximum absolute atomic E-state index is 6.00. The van der Waals surface area contributed by atoms with Gasteiger partial charge in [0.05, 0.1) is 0 Å². The van der Waals surface area contributed by atoms with E-state index in [2.05, 4.69) is 55.8 Å². The second kappa shape index (κ2) is 3.51. The Bertz CT molecular complexity index is 396. The normalized spacial score (nSPS) is 23.1. The van der Waals surface area contributed by atoms with E-state index in [1.807, 2.05) is 0 Å². The topological polar surface area (TPSA) is 9.23 Å². The van der Waals surface area contributed by atoms with Crippen molar-refractivity contribution in [3.05, 3.63) is 28.8 Å². The van der Waals surface area contributed by atoms with Crippen LogP contribution >= 0.6 is 15.9 Å². The molecule has 1 nitrogen and oxygen atoms in total. The molecule has 1 aliphatic heterocycles. The van der Waals surface area contributed by atoms with Crippen molar-refractivity contribution in [3.8, 4) is 5.75 Å². The number of hydrogen-bond acceptors (Lipinski definition) is 1. The first kappa shape index (κ1) is 11.0. The monoisotopic (exact) mass is 268 g/mol. The first-order chi connectivity index (χ1) is 6.89. The van der Waals surface area contributed by atoms with E-state index in [1.54, 1.807) is 0 Å². The van der Waals surface area contributed by atoms with Crippen LogP contribution in [0.4, 0.5) is 0 Å². The van der Waals surface area contributed by atoms with Crippen LogP contribution in [0.25, 0.3) is 0 Å².